The molecule has 0 aromatic heterocycles. The molecule has 0 unspecified atom stereocenters. The first kappa shape index (κ1) is 12.4. The van der Waals surface area contributed by atoms with Gasteiger partial charge in [-0.05, 0) is 6.42 Å². The zero-order chi connectivity index (χ0) is 10.9. The molecule has 0 nitrogen and oxygen atoms in total. The van der Waals surface area contributed by atoms with Crippen molar-refractivity contribution in [3.8, 4) is 0 Å². The van der Waals surface area contributed by atoms with E-state index in [1.165, 1.54) is 62.9 Å². The van der Waals surface area contributed by atoms with Crippen LogP contribution in [0.1, 0.15) is 65.2 Å². The van der Waals surface area contributed by atoms with Crippen LogP contribution in [0.3, 0.4) is 0 Å². The van der Waals surface area contributed by atoms with Crippen molar-refractivity contribution in [2.45, 2.75) is 65.2 Å². The van der Waals surface area contributed by atoms with E-state index >= 15 is 0 Å². The molecule has 0 N–H and O–H groups in total. The van der Waals surface area contributed by atoms with Gasteiger partial charge in [-0.2, -0.15) is 0 Å². The standard InChI is InChI=1S/C15H25/c1-3-4-5-6-7-8-9-10-15-12-11-14(2)13-15/h11-13H,3-10H2,1-2H3/q+1. The average molecular weight is 205 g/mol. The molecule has 0 saturated heterocycles. The van der Waals surface area contributed by atoms with Crippen molar-refractivity contribution in [1.29, 1.82) is 0 Å². The molecule has 0 spiro atoms. The van der Waals surface area contributed by atoms with Crippen LogP contribution in [0.5, 0.6) is 0 Å². The van der Waals surface area contributed by atoms with E-state index in [0.717, 1.165) is 0 Å². The molecular formula is C15H25+. The van der Waals surface area contributed by atoms with Gasteiger partial charge in [-0.15, -0.1) is 0 Å². The largest absolute Gasteiger partial charge is 0.0934 e. The third kappa shape index (κ3) is 5.71. The van der Waals surface area contributed by atoms with Crippen molar-refractivity contribution in [2.75, 3.05) is 0 Å². The minimum absolute atomic E-state index is 1.28. The number of unbranched alkanes of at least 4 members (excludes halogenated alkanes) is 6. The number of hydrogen-bond donors (Lipinski definition) is 0. The predicted molar refractivity (Wildman–Crippen MR) is 68.8 cm³/mol. The van der Waals surface area contributed by atoms with Gasteiger partial charge in [-0.25, -0.2) is 0 Å². The molecule has 0 aromatic rings. The van der Waals surface area contributed by atoms with Gasteiger partial charge in [0, 0.05) is 13.3 Å². The van der Waals surface area contributed by atoms with Gasteiger partial charge in [0.2, 0.25) is 0 Å². The van der Waals surface area contributed by atoms with Crippen LogP contribution in [-0.2, 0) is 0 Å². The summed E-state index contributed by atoms with van der Waals surface area (Å²) in [5.74, 6) is 1.41. The Labute approximate surface area is 95.5 Å². The SMILES string of the molecule is CCCCCCCCCC1=C[C+](C)C=C1. The minimum Gasteiger partial charge on any atom is -0.0654 e. The normalized spacial score (nSPS) is 14.8. The highest BCUT2D eigenvalue weighted by molar-refractivity contribution is 5.39. The van der Waals surface area contributed by atoms with Gasteiger partial charge in [0.25, 0.3) is 0 Å². The fourth-order valence-electron chi connectivity index (χ4n) is 2.07. The Balaban J connectivity index is 1.89. The Kier molecular flexibility index (Phi) is 6.31. The first-order valence-corrected chi connectivity index (χ1v) is 6.55. The second-order valence-corrected chi connectivity index (χ2v) is 4.67. The van der Waals surface area contributed by atoms with Gasteiger partial charge >= 0.3 is 0 Å². The maximum Gasteiger partial charge on any atom is 0.0934 e. The smallest absolute Gasteiger partial charge is 0.0654 e. The Hall–Kier alpha value is -0.650. The van der Waals surface area contributed by atoms with E-state index in [1.807, 2.05) is 0 Å². The summed E-state index contributed by atoms with van der Waals surface area (Å²) in [6.45, 7) is 4.45. The third-order valence-electron chi connectivity index (χ3n) is 3.04. The lowest BCUT2D eigenvalue weighted by Gasteiger charge is -1.98. The van der Waals surface area contributed by atoms with Crippen LogP contribution in [0.25, 0.3) is 0 Å². The molecule has 84 valence electrons. The lowest BCUT2D eigenvalue weighted by atomic mass is 10.1. The zero-order valence-electron chi connectivity index (χ0n) is 10.4. The molecule has 0 aliphatic heterocycles. The molecule has 1 aliphatic rings. The van der Waals surface area contributed by atoms with Crippen LogP contribution >= 0.6 is 0 Å². The fourth-order valence-corrected chi connectivity index (χ4v) is 2.07. The molecule has 0 bridgehead atoms. The van der Waals surface area contributed by atoms with Crippen molar-refractivity contribution >= 4 is 0 Å². The monoisotopic (exact) mass is 205 g/mol. The van der Waals surface area contributed by atoms with E-state index in [1.54, 1.807) is 0 Å². The van der Waals surface area contributed by atoms with Crippen LogP contribution in [-0.4, -0.2) is 0 Å². The molecule has 0 atom stereocenters. The summed E-state index contributed by atoms with van der Waals surface area (Å²) in [6, 6.07) is 0. The molecule has 0 fully saturated rings. The molecule has 0 radical (unpaired) electrons. The van der Waals surface area contributed by atoms with E-state index in [0.29, 0.717) is 0 Å². The Bertz CT molecular complexity index is 210. The Morgan fingerprint density at radius 2 is 1.67 bits per heavy atom. The van der Waals surface area contributed by atoms with Crippen LogP contribution in [0.2, 0.25) is 0 Å². The van der Waals surface area contributed by atoms with Crippen molar-refractivity contribution in [1.82, 2.24) is 0 Å². The third-order valence-corrected chi connectivity index (χ3v) is 3.04. The van der Waals surface area contributed by atoms with Gasteiger partial charge < -0.3 is 0 Å². The molecule has 1 aliphatic carbocycles. The summed E-state index contributed by atoms with van der Waals surface area (Å²) in [4.78, 5) is 0. The summed E-state index contributed by atoms with van der Waals surface area (Å²) < 4.78 is 0. The summed E-state index contributed by atoms with van der Waals surface area (Å²) >= 11 is 0. The van der Waals surface area contributed by atoms with Crippen LogP contribution in [0.4, 0.5) is 0 Å². The Morgan fingerprint density at radius 1 is 1.00 bits per heavy atom. The highest BCUT2D eigenvalue weighted by Gasteiger charge is 2.13. The lowest BCUT2D eigenvalue weighted by Crippen LogP contribution is -1.82. The highest BCUT2D eigenvalue weighted by atomic mass is 14.1. The molecule has 0 heterocycles. The lowest BCUT2D eigenvalue weighted by molar-refractivity contribution is 0.590. The van der Waals surface area contributed by atoms with Crippen molar-refractivity contribution < 1.29 is 0 Å². The molecule has 1 rings (SSSR count). The van der Waals surface area contributed by atoms with Crippen molar-refractivity contribution in [2.24, 2.45) is 0 Å². The summed E-state index contributed by atoms with van der Waals surface area (Å²) in [5.41, 5.74) is 1.53. The molecule has 0 amide bonds. The second-order valence-electron chi connectivity index (χ2n) is 4.67. The van der Waals surface area contributed by atoms with E-state index in [-0.39, 0.29) is 0 Å². The first-order chi connectivity index (χ1) is 7.33. The van der Waals surface area contributed by atoms with Gasteiger partial charge in [-0.1, -0.05) is 45.4 Å². The van der Waals surface area contributed by atoms with E-state index in [4.69, 9.17) is 0 Å². The first-order valence-electron chi connectivity index (χ1n) is 6.55. The Morgan fingerprint density at radius 3 is 2.27 bits per heavy atom. The molecule has 0 aromatic carbocycles. The average Bonchev–Trinajstić information content (AvgIpc) is 2.63. The summed E-state index contributed by atoms with van der Waals surface area (Å²) in [7, 11) is 0. The summed E-state index contributed by atoms with van der Waals surface area (Å²) in [6.07, 6.45) is 17.9. The molecule has 0 saturated carbocycles. The molecular weight excluding hydrogens is 180 g/mol. The van der Waals surface area contributed by atoms with E-state index in [2.05, 4.69) is 32.1 Å². The van der Waals surface area contributed by atoms with E-state index in [9.17, 15) is 0 Å². The quantitative estimate of drug-likeness (QED) is 0.376. The molecule has 0 heteroatoms. The van der Waals surface area contributed by atoms with Crippen LogP contribution < -0.4 is 0 Å². The van der Waals surface area contributed by atoms with Crippen LogP contribution in [0, 0.1) is 5.92 Å². The van der Waals surface area contributed by atoms with Gasteiger partial charge in [-0.3, -0.25) is 0 Å². The topological polar surface area (TPSA) is 0 Å². The van der Waals surface area contributed by atoms with Crippen LogP contribution in [0.15, 0.2) is 23.8 Å². The van der Waals surface area contributed by atoms with Gasteiger partial charge in [0.1, 0.15) is 0 Å². The highest BCUT2D eigenvalue weighted by Crippen LogP contribution is 2.21. The number of hydrogen-bond acceptors (Lipinski definition) is 0. The maximum atomic E-state index is 2.32. The van der Waals surface area contributed by atoms with Crippen molar-refractivity contribution in [3.05, 3.63) is 29.7 Å². The maximum absolute atomic E-state index is 2.32. The number of rotatable bonds is 8. The fraction of sp³-hybridized carbons (Fsp3) is 0.667. The van der Waals surface area contributed by atoms with Gasteiger partial charge in [0.15, 0.2) is 0 Å². The minimum atomic E-state index is 1.28. The number of allylic oxidation sites excluding steroid dienone is 4. The predicted octanol–water partition coefficient (Wildman–Crippen LogP) is 5.22. The van der Waals surface area contributed by atoms with Gasteiger partial charge in [0.05, 0.1) is 29.7 Å². The zero-order valence-corrected chi connectivity index (χ0v) is 10.4. The van der Waals surface area contributed by atoms with E-state index < -0.39 is 0 Å². The summed E-state index contributed by atoms with van der Waals surface area (Å²) in [5, 5.41) is 0. The second kappa shape index (κ2) is 7.62. The van der Waals surface area contributed by atoms with Crippen molar-refractivity contribution in [3.63, 3.8) is 0 Å². The molecule has 15 heavy (non-hydrogen) atoms.